The van der Waals surface area contributed by atoms with Crippen LogP contribution >= 0.6 is 0 Å². The Labute approximate surface area is 135 Å². The number of amides is 1. The van der Waals surface area contributed by atoms with Crippen LogP contribution in [0.1, 0.15) is 17.7 Å². The molecule has 0 aliphatic carbocycles. The molecule has 1 saturated heterocycles. The molecule has 0 bridgehead atoms. The zero-order valence-corrected chi connectivity index (χ0v) is 13.5. The lowest BCUT2D eigenvalue weighted by molar-refractivity contribution is -0.134. The highest BCUT2D eigenvalue weighted by Crippen LogP contribution is 2.21. The average molecular weight is 333 g/mol. The Morgan fingerprint density at radius 2 is 1.87 bits per heavy atom. The summed E-state index contributed by atoms with van der Waals surface area (Å²) in [5, 5.41) is -0.478. The minimum Gasteiger partial charge on any atom is -0.468 e. The highest BCUT2D eigenvalue weighted by molar-refractivity contribution is 7.91. The lowest BCUT2D eigenvalue weighted by Gasteiger charge is -2.38. The molecule has 0 spiro atoms. The van der Waals surface area contributed by atoms with Crippen molar-refractivity contribution in [2.45, 2.75) is 23.8 Å². The van der Waals surface area contributed by atoms with Gasteiger partial charge in [-0.15, -0.1) is 0 Å². The van der Waals surface area contributed by atoms with Gasteiger partial charge in [-0.25, -0.2) is 8.42 Å². The number of aryl methyl sites for hydroxylation is 1. The molecular formula is C17H19NO4S. The van der Waals surface area contributed by atoms with Gasteiger partial charge in [0.25, 0.3) is 0 Å². The summed E-state index contributed by atoms with van der Waals surface area (Å²) >= 11 is 0. The van der Waals surface area contributed by atoms with Gasteiger partial charge in [0.15, 0.2) is 9.84 Å². The molecule has 1 fully saturated rings. The van der Waals surface area contributed by atoms with Crippen molar-refractivity contribution in [3.05, 3.63) is 60.1 Å². The van der Waals surface area contributed by atoms with Crippen LogP contribution in [0.25, 0.3) is 0 Å². The molecule has 2 aromatic rings. The van der Waals surface area contributed by atoms with E-state index in [9.17, 15) is 13.2 Å². The number of benzene rings is 1. The fourth-order valence-electron chi connectivity index (χ4n) is 2.63. The number of sulfone groups is 1. The number of hydrogen-bond acceptors (Lipinski definition) is 4. The third-order valence-electron chi connectivity index (χ3n) is 4.10. The third kappa shape index (κ3) is 3.82. The van der Waals surface area contributed by atoms with Gasteiger partial charge < -0.3 is 9.32 Å². The van der Waals surface area contributed by atoms with Crippen LogP contribution in [-0.2, 0) is 26.8 Å². The summed E-state index contributed by atoms with van der Waals surface area (Å²) in [6, 6.07) is 13.1. The van der Waals surface area contributed by atoms with E-state index >= 15 is 0 Å². The second kappa shape index (κ2) is 6.58. The second-order valence-corrected chi connectivity index (χ2v) is 8.07. The largest absolute Gasteiger partial charge is 0.468 e. The second-order valence-electron chi connectivity index (χ2n) is 5.79. The third-order valence-corrected chi connectivity index (χ3v) is 6.10. The molecular weight excluding hydrogens is 314 g/mol. The first-order chi connectivity index (χ1) is 11.0. The number of hydrogen-bond donors (Lipinski definition) is 0. The lowest BCUT2D eigenvalue weighted by Crippen LogP contribution is -2.57. The zero-order chi connectivity index (χ0) is 16.3. The Morgan fingerprint density at radius 1 is 1.13 bits per heavy atom. The van der Waals surface area contributed by atoms with E-state index in [1.807, 2.05) is 30.3 Å². The zero-order valence-electron chi connectivity index (χ0n) is 12.7. The topological polar surface area (TPSA) is 67.6 Å². The quantitative estimate of drug-likeness (QED) is 0.811. The van der Waals surface area contributed by atoms with Gasteiger partial charge in [0.1, 0.15) is 11.5 Å². The van der Waals surface area contributed by atoms with Crippen molar-refractivity contribution in [1.29, 1.82) is 0 Å². The first-order valence-electron chi connectivity index (χ1n) is 7.60. The summed E-state index contributed by atoms with van der Waals surface area (Å²) < 4.78 is 29.5. The van der Waals surface area contributed by atoms with Gasteiger partial charge in [0.05, 0.1) is 11.5 Å². The highest BCUT2D eigenvalue weighted by Gasteiger charge is 2.39. The van der Waals surface area contributed by atoms with E-state index in [0.717, 1.165) is 5.56 Å². The number of likely N-dealkylation sites (tertiary alicyclic amines) is 1. The van der Waals surface area contributed by atoms with Crippen molar-refractivity contribution in [1.82, 2.24) is 4.90 Å². The molecule has 1 aromatic heterocycles. The van der Waals surface area contributed by atoms with Gasteiger partial charge in [-0.2, -0.15) is 0 Å². The van der Waals surface area contributed by atoms with E-state index in [-0.39, 0.29) is 24.7 Å². The SMILES string of the molecule is O=C(CCc1ccccc1)N1CC(S(=O)(=O)Cc2ccco2)C1. The summed E-state index contributed by atoms with van der Waals surface area (Å²) in [4.78, 5) is 13.7. The molecule has 2 heterocycles. The van der Waals surface area contributed by atoms with E-state index < -0.39 is 15.1 Å². The summed E-state index contributed by atoms with van der Waals surface area (Å²) in [7, 11) is -3.27. The van der Waals surface area contributed by atoms with Gasteiger partial charge in [0, 0.05) is 19.5 Å². The monoisotopic (exact) mass is 333 g/mol. The first-order valence-corrected chi connectivity index (χ1v) is 9.32. The van der Waals surface area contributed by atoms with Crippen molar-refractivity contribution < 1.29 is 17.6 Å². The molecule has 0 N–H and O–H groups in total. The molecule has 6 heteroatoms. The lowest BCUT2D eigenvalue weighted by atomic mass is 10.1. The number of furan rings is 1. The highest BCUT2D eigenvalue weighted by atomic mass is 32.2. The number of rotatable bonds is 6. The number of nitrogens with zero attached hydrogens (tertiary/aromatic N) is 1. The smallest absolute Gasteiger partial charge is 0.222 e. The van der Waals surface area contributed by atoms with Gasteiger partial charge in [-0.3, -0.25) is 4.79 Å². The molecule has 1 aliphatic heterocycles. The van der Waals surface area contributed by atoms with Crippen LogP contribution in [0, 0.1) is 0 Å². The molecule has 23 heavy (non-hydrogen) atoms. The van der Waals surface area contributed by atoms with Crippen LogP contribution in [0.5, 0.6) is 0 Å². The first kappa shape index (κ1) is 15.8. The van der Waals surface area contributed by atoms with Crippen LogP contribution in [0.3, 0.4) is 0 Å². The molecule has 0 unspecified atom stereocenters. The molecule has 3 rings (SSSR count). The molecule has 1 aromatic carbocycles. The fourth-order valence-corrected chi connectivity index (χ4v) is 4.24. The van der Waals surface area contributed by atoms with Gasteiger partial charge in [-0.05, 0) is 24.1 Å². The van der Waals surface area contributed by atoms with Crippen LogP contribution in [-0.4, -0.2) is 37.6 Å². The molecule has 1 amide bonds. The molecule has 0 atom stereocenters. The summed E-state index contributed by atoms with van der Waals surface area (Å²) in [5.74, 6) is 0.355. The van der Waals surface area contributed by atoms with E-state index in [1.165, 1.54) is 6.26 Å². The van der Waals surface area contributed by atoms with E-state index in [0.29, 0.717) is 18.6 Å². The Kier molecular flexibility index (Phi) is 4.52. The van der Waals surface area contributed by atoms with Crippen LogP contribution in [0.2, 0.25) is 0 Å². The summed E-state index contributed by atoms with van der Waals surface area (Å²) in [6.45, 7) is 0.577. The van der Waals surface area contributed by atoms with Crippen molar-refractivity contribution in [3.63, 3.8) is 0 Å². The van der Waals surface area contributed by atoms with Gasteiger partial charge in [0.2, 0.25) is 5.91 Å². The minimum absolute atomic E-state index is 0.0123. The van der Waals surface area contributed by atoms with Gasteiger partial charge >= 0.3 is 0 Å². The molecule has 0 saturated carbocycles. The van der Waals surface area contributed by atoms with E-state index in [1.54, 1.807) is 17.0 Å². The van der Waals surface area contributed by atoms with Crippen molar-refractivity contribution in [3.8, 4) is 0 Å². The molecule has 0 radical (unpaired) electrons. The maximum atomic E-state index is 12.2. The standard InChI is InChI=1S/C17H19NO4S/c19-17(9-8-14-5-2-1-3-6-14)18-11-16(12-18)23(20,21)13-15-7-4-10-22-15/h1-7,10,16H,8-9,11-13H2. The van der Waals surface area contributed by atoms with Crippen LogP contribution < -0.4 is 0 Å². The fraction of sp³-hybridized carbons (Fsp3) is 0.353. The number of carbonyl (C=O) groups is 1. The number of carbonyl (C=O) groups excluding carboxylic acids is 1. The summed E-state index contributed by atoms with van der Waals surface area (Å²) in [6.07, 6.45) is 2.56. The predicted octanol–water partition coefficient (Wildman–Crippen LogP) is 2.04. The Bertz CT molecular complexity index is 747. The maximum Gasteiger partial charge on any atom is 0.222 e. The van der Waals surface area contributed by atoms with Crippen LogP contribution in [0.4, 0.5) is 0 Å². The normalized spacial score (nSPS) is 15.4. The predicted molar refractivity (Wildman–Crippen MR) is 86.5 cm³/mol. The summed E-state index contributed by atoms with van der Waals surface area (Å²) in [5.41, 5.74) is 1.11. The molecule has 5 nitrogen and oxygen atoms in total. The van der Waals surface area contributed by atoms with E-state index in [2.05, 4.69) is 0 Å². The Balaban J connectivity index is 1.47. The minimum atomic E-state index is -3.27. The van der Waals surface area contributed by atoms with Gasteiger partial charge in [-0.1, -0.05) is 30.3 Å². The molecule has 1 aliphatic rings. The van der Waals surface area contributed by atoms with Crippen LogP contribution in [0.15, 0.2) is 53.1 Å². The van der Waals surface area contributed by atoms with E-state index in [4.69, 9.17) is 4.42 Å². The van der Waals surface area contributed by atoms with Crippen molar-refractivity contribution in [2.75, 3.05) is 13.1 Å². The average Bonchev–Trinajstić information content (AvgIpc) is 2.96. The molecule has 122 valence electrons. The Hall–Kier alpha value is -2.08. The maximum absolute atomic E-state index is 12.2. The van der Waals surface area contributed by atoms with Crippen molar-refractivity contribution >= 4 is 15.7 Å². The van der Waals surface area contributed by atoms with Crippen molar-refractivity contribution in [2.24, 2.45) is 0 Å². The Morgan fingerprint density at radius 3 is 2.52 bits per heavy atom.